The molecule has 0 aliphatic rings. The van der Waals surface area contributed by atoms with Crippen LogP contribution in [-0.2, 0) is 4.74 Å². The lowest BCUT2D eigenvalue weighted by Gasteiger charge is -2.01. The molecule has 0 rings (SSSR count). The van der Waals surface area contributed by atoms with E-state index in [9.17, 15) is 0 Å². The van der Waals surface area contributed by atoms with E-state index in [0.717, 1.165) is 13.2 Å². The first-order chi connectivity index (χ1) is 8.22. The molecule has 0 aromatic rings. The molecule has 1 unspecified atom stereocenters. The minimum Gasteiger partial charge on any atom is -0.394 e. The average molecular weight is 249 g/mol. The van der Waals surface area contributed by atoms with E-state index in [0.29, 0.717) is 0 Å². The Morgan fingerprint density at radius 1 is 1.00 bits per heavy atom. The molecule has 4 nitrogen and oxygen atoms in total. The lowest BCUT2D eigenvalue weighted by atomic mass is 10.2. The van der Waals surface area contributed by atoms with Gasteiger partial charge in [-0.05, 0) is 12.8 Å². The Balaban J connectivity index is 0. The van der Waals surface area contributed by atoms with Crippen LogP contribution in [0, 0.1) is 0 Å². The third-order valence-electron chi connectivity index (χ3n) is 2.27. The van der Waals surface area contributed by atoms with Crippen LogP contribution in [0.5, 0.6) is 0 Å². The maximum atomic E-state index is 8.29. The van der Waals surface area contributed by atoms with Gasteiger partial charge in [0.2, 0.25) is 0 Å². The third kappa shape index (κ3) is 21.6. The van der Waals surface area contributed by atoms with Crippen molar-refractivity contribution in [2.24, 2.45) is 5.73 Å². The van der Waals surface area contributed by atoms with Crippen LogP contribution in [0.25, 0.3) is 0 Å². The topological polar surface area (TPSA) is 75.7 Å². The molecule has 0 heterocycles. The van der Waals surface area contributed by atoms with Crippen molar-refractivity contribution < 1.29 is 14.9 Å². The van der Waals surface area contributed by atoms with E-state index in [1.54, 1.807) is 0 Å². The summed E-state index contributed by atoms with van der Waals surface area (Å²) in [5.74, 6) is 0. The summed E-state index contributed by atoms with van der Waals surface area (Å²) >= 11 is 0. The van der Waals surface area contributed by atoms with Crippen LogP contribution >= 0.6 is 0 Å². The van der Waals surface area contributed by atoms with Crippen LogP contribution in [0.3, 0.4) is 0 Å². The van der Waals surface area contributed by atoms with Crippen LogP contribution in [0.4, 0.5) is 0 Å². The first-order valence-electron chi connectivity index (χ1n) is 6.79. The largest absolute Gasteiger partial charge is 0.394 e. The molecule has 0 bridgehead atoms. The summed E-state index contributed by atoms with van der Waals surface area (Å²) in [4.78, 5) is 0. The molecular formula is C13H31NO3. The molecular weight excluding hydrogens is 218 g/mol. The van der Waals surface area contributed by atoms with Crippen LogP contribution < -0.4 is 5.73 Å². The average Bonchev–Trinajstić information content (AvgIpc) is 2.37. The van der Waals surface area contributed by atoms with Gasteiger partial charge < -0.3 is 20.7 Å². The van der Waals surface area contributed by atoms with Gasteiger partial charge >= 0.3 is 0 Å². The SMILES string of the molecule is CCCCCOCCCCC.NCC(O)CO. The number of unbranched alkanes of at least 4 members (excludes halogenated alkanes) is 4. The zero-order valence-corrected chi connectivity index (χ0v) is 11.5. The molecule has 0 fully saturated rings. The summed E-state index contributed by atoms with van der Waals surface area (Å²) in [6, 6.07) is 0. The van der Waals surface area contributed by atoms with E-state index in [1.807, 2.05) is 0 Å². The Hall–Kier alpha value is -0.160. The second-order valence-corrected chi connectivity index (χ2v) is 4.10. The van der Waals surface area contributed by atoms with Gasteiger partial charge in [-0.1, -0.05) is 39.5 Å². The number of hydrogen-bond acceptors (Lipinski definition) is 4. The van der Waals surface area contributed by atoms with Crippen LogP contribution in [0.2, 0.25) is 0 Å². The van der Waals surface area contributed by atoms with Gasteiger partial charge in [-0.2, -0.15) is 0 Å². The predicted molar refractivity (Wildman–Crippen MR) is 72.0 cm³/mol. The van der Waals surface area contributed by atoms with Gasteiger partial charge in [0.05, 0.1) is 12.7 Å². The highest BCUT2D eigenvalue weighted by Crippen LogP contribution is 1.97. The highest BCUT2D eigenvalue weighted by molar-refractivity contribution is 4.48. The predicted octanol–water partition coefficient (Wildman–Crippen LogP) is 1.68. The van der Waals surface area contributed by atoms with Gasteiger partial charge in [-0.3, -0.25) is 0 Å². The maximum absolute atomic E-state index is 8.29. The number of nitrogens with two attached hydrogens (primary N) is 1. The lowest BCUT2D eigenvalue weighted by Crippen LogP contribution is -2.22. The molecule has 1 atom stereocenters. The standard InChI is InChI=1S/C10H22O.C3H9NO2/c1-3-5-7-9-11-10-8-6-4-2;4-1-3(6)2-5/h3-10H2,1-2H3;3,5-6H,1-2,4H2. The molecule has 0 spiro atoms. The second kappa shape index (κ2) is 18.2. The zero-order chi connectivity index (χ0) is 13.4. The first kappa shape index (κ1) is 19.2. The molecule has 0 saturated heterocycles. The number of hydrogen-bond donors (Lipinski definition) is 3. The highest BCUT2D eigenvalue weighted by atomic mass is 16.5. The van der Waals surface area contributed by atoms with Gasteiger partial charge in [0.1, 0.15) is 0 Å². The Morgan fingerprint density at radius 3 is 1.71 bits per heavy atom. The van der Waals surface area contributed by atoms with Crippen molar-refractivity contribution in [1.82, 2.24) is 0 Å². The van der Waals surface area contributed by atoms with Crippen molar-refractivity contribution in [3.63, 3.8) is 0 Å². The molecule has 0 saturated carbocycles. The van der Waals surface area contributed by atoms with Gasteiger partial charge in [0, 0.05) is 19.8 Å². The molecule has 0 aliphatic heterocycles. The van der Waals surface area contributed by atoms with E-state index in [2.05, 4.69) is 13.8 Å². The number of aliphatic hydroxyl groups is 2. The van der Waals surface area contributed by atoms with E-state index in [-0.39, 0.29) is 13.2 Å². The van der Waals surface area contributed by atoms with Gasteiger partial charge in [0.15, 0.2) is 0 Å². The zero-order valence-electron chi connectivity index (χ0n) is 11.5. The highest BCUT2D eigenvalue weighted by Gasteiger charge is 1.92. The molecule has 4 N–H and O–H groups in total. The van der Waals surface area contributed by atoms with Crippen LogP contribution in [-0.4, -0.2) is 42.7 Å². The number of ether oxygens (including phenoxy) is 1. The molecule has 17 heavy (non-hydrogen) atoms. The maximum Gasteiger partial charge on any atom is 0.0892 e. The molecule has 0 aromatic heterocycles. The molecule has 4 heteroatoms. The third-order valence-corrected chi connectivity index (χ3v) is 2.27. The summed E-state index contributed by atoms with van der Waals surface area (Å²) in [5.41, 5.74) is 4.87. The molecule has 0 amide bonds. The van der Waals surface area contributed by atoms with Crippen molar-refractivity contribution in [2.75, 3.05) is 26.4 Å². The molecule has 0 aromatic carbocycles. The van der Waals surface area contributed by atoms with Crippen LogP contribution in [0.15, 0.2) is 0 Å². The quantitative estimate of drug-likeness (QED) is 0.515. The molecule has 0 radical (unpaired) electrons. The summed E-state index contributed by atoms with van der Waals surface area (Å²) in [6.45, 7) is 6.27. The summed E-state index contributed by atoms with van der Waals surface area (Å²) in [5, 5.41) is 16.3. The van der Waals surface area contributed by atoms with E-state index in [1.165, 1.54) is 38.5 Å². The van der Waals surface area contributed by atoms with Crippen molar-refractivity contribution in [3.8, 4) is 0 Å². The first-order valence-corrected chi connectivity index (χ1v) is 6.79. The van der Waals surface area contributed by atoms with E-state index in [4.69, 9.17) is 20.7 Å². The Labute approximate surface area is 106 Å². The van der Waals surface area contributed by atoms with Crippen molar-refractivity contribution in [3.05, 3.63) is 0 Å². The smallest absolute Gasteiger partial charge is 0.0892 e. The Kier molecular flexibility index (Phi) is 20.6. The Morgan fingerprint density at radius 2 is 1.47 bits per heavy atom. The molecule has 106 valence electrons. The van der Waals surface area contributed by atoms with Crippen LogP contribution in [0.1, 0.15) is 52.4 Å². The monoisotopic (exact) mass is 249 g/mol. The summed E-state index contributed by atoms with van der Waals surface area (Å²) in [7, 11) is 0. The normalized spacial score (nSPS) is 11.8. The number of aliphatic hydroxyl groups excluding tert-OH is 2. The summed E-state index contributed by atoms with van der Waals surface area (Å²) in [6.07, 6.45) is 6.95. The van der Waals surface area contributed by atoms with Crippen molar-refractivity contribution in [1.29, 1.82) is 0 Å². The fourth-order valence-electron chi connectivity index (χ4n) is 1.08. The fraction of sp³-hybridized carbons (Fsp3) is 1.00. The fourth-order valence-corrected chi connectivity index (χ4v) is 1.08. The molecule has 0 aliphatic carbocycles. The van der Waals surface area contributed by atoms with Gasteiger partial charge in [0.25, 0.3) is 0 Å². The Bertz CT molecular complexity index is 111. The van der Waals surface area contributed by atoms with Gasteiger partial charge in [-0.25, -0.2) is 0 Å². The minimum atomic E-state index is -0.731. The minimum absolute atomic E-state index is 0.135. The summed E-state index contributed by atoms with van der Waals surface area (Å²) < 4.78 is 5.44. The van der Waals surface area contributed by atoms with E-state index >= 15 is 0 Å². The van der Waals surface area contributed by atoms with Crippen molar-refractivity contribution >= 4 is 0 Å². The lowest BCUT2D eigenvalue weighted by molar-refractivity contribution is 0.102. The second-order valence-electron chi connectivity index (χ2n) is 4.10. The van der Waals surface area contributed by atoms with Crippen molar-refractivity contribution in [2.45, 2.75) is 58.5 Å². The van der Waals surface area contributed by atoms with E-state index < -0.39 is 6.10 Å². The van der Waals surface area contributed by atoms with Gasteiger partial charge in [-0.15, -0.1) is 0 Å². The number of rotatable bonds is 10.